The third-order valence-corrected chi connectivity index (χ3v) is 9.51. The Labute approximate surface area is 242 Å². The minimum absolute atomic E-state index is 0.219. The van der Waals surface area contributed by atoms with E-state index in [1.807, 2.05) is 12.1 Å². The number of nitrogens with zero attached hydrogens (tertiary/aromatic N) is 3. The smallest absolute Gasteiger partial charge is 0.290 e. The highest BCUT2D eigenvalue weighted by Crippen LogP contribution is 2.22. The molecule has 1 aromatic heterocycles. The van der Waals surface area contributed by atoms with Crippen molar-refractivity contribution < 1.29 is 4.79 Å². The number of thioether (sulfide) groups is 2. The van der Waals surface area contributed by atoms with Gasteiger partial charge < -0.3 is 4.90 Å². The Kier molecular flexibility index (Phi) is 19.6. The van der Waals surface area contributed by atoms with E-state index >= 15 is 0 Å². The molecule has 0 atom stereocenters. The molecule has 0 saturated carbocycles. The number of anilines is 1. The van der Waals surface area contributed by atoms with Crippen molar-refractivity contribution in [2.24, 2.45) is 5.10 Å². The highest BCUT2D eigenvalue weighted by molar-refractivity contribution is 8.38. The van der Waals surface area contributed by atoms with Crippen molar-refractivity contribution in [2.75, 3.05) is 29.5 Å². The number of aromatic nitrogens is 1. The zero-order valence-corrected chi connectivity index (χ0v) is 26.0. The molecule has 0 radical (unpaired) electrons. The molecule has 1 aliphatic heterocycles. The Balaban J connectivity index is 1.76. The van der Waals surface area contributed by atoms with Gasteiger partial charge in [-0.3, -0.25) is 9.78 Å². The van der Waals surface area contributed by atoms with Crippen molar-refractivity contribution in [3.8, 4) is 0 Å². The standard InChI is InChI=1S/C31H54N4OS2/c1-3-5-7-9-11-13-15-19-25-37-31(38-26-20-16-14-12-10-8-6-4-2)34-33-30(36)29-27-28(21-22-32-29)35-23-17-18-24-35/h21-22,27H,3-20,23-26H2,1-2H3,(H,33,36). The molecular formula is C31H54N4OS2. The number of carbonyl (C=O) groups excluding carboxylic acids is 1. The molecule has 7 heteroatoms. The molecule has 1 fully saturated rings. The predicted molar refractivity (Wildman–Crippen MR) is 171 cm³/mol. The average Bonchev–Trinajstić information content (AvgIpc) is 3.49. The Morgan fingerprint density at radius 2 is 1.32 bits per heavy atom. The minimum atomic E-state index is -0.219. The Bertz CT molecular complexity index is 744. The lowest BCUT2D eigenvalue weighted by atomic mass is 10.1. The van der Waals surface area contributed by atoms with Gasteiger partial charge in [0.25, 0.3) is 5.91 Å². The van der Waals surface area contributed by atoms with Gasteiger partial charge in [0.05, 0.1) is 0 Å². The summed E-state index contributed by atoms with van der Waals surface area (Å²) in [5.74, 6) is 1.91. The molecule has 216 valence electrons. The summed E-state index contributed by atoms with van der Waals surface area (Å²) < 4.78 is 0.986. The van der Waals surface area contributed by atoms with Crippen molar-refractivity contribution in [1.82, 2.24) is 10.4 Å². The van der Waals surface area contributed by atoms with Crippen LogP contribution in [0.1, 0.15) is 140 Å². The fourth-order valence-electron chi connectivity index (χ4n) is 4.77. The molecule has 0 spiro atoms. The van der Waals surface area contributed by atoms with Crippen LogP contribution in [0.15, 0.2) is 23.4 Å². The second kappa shape index (κ2) is 22.6. The highest BCUT2D eigenvalue weighted by atomic mass is 32.2. The summed E-state index contributed by atoms with van der Waals surface area (Å²) in [7, 11) is 0. The van der Waals surface area contributed by atoms with Gasteiger partial charge in [0, 0.05) is 36.5 Å². The largest absolute Gasteiger partial charge is 0.371 e. The zero-order valence-electron chi connectivity index (χ0n) is 24.4. The van der Waals surface area contributed by atoms with E-state index < -0.39 is 0 Å². The van der Waals surface area contributed by atoms with Crippen LogP contribution in [0.5, 0.6) is 0 Å². The fourth-order valence-corrected chi connectivity index (χ4v) is 6.87. The lowest BCUT2D eigenvalue weighted by Crippen LogP contribution is -2.22. The van der Waals surface area contributed by atoms with E-state index in [4.69, 9.17) is 0 Å². The topological polar surface area (TPSA) is 57.6 Å². The Hall–Kier alpha value is -1.21. The monoisotopic (exact) mass is 562 g/mol. The quantitative estimate of drug-likeness (QED) is 0.0700. The molecule has 1 aromatic rings. The van der Waals surface area contributed by atoms with Gasteiger partial charge >= 0.3 is 0 Å². The van der Waals surface area contributed by atoms with Crippen LogP contribution in [0.4, 0.5) is 5.69 Å². The molecular weight excluding hydrogens is 509 g/mol. The number of rotatable bonds is 21. The van der Waals surface area contributed by atoms with Gasteiger partial charge in [-0.2, -0.15) is 5.10 Å². The van der Waals surface area contributed by atoms with Gasteiger partial charge in [0.15, 0.2) is 0 Å². The summed E-state index contributed by atoms with van der Waals surface area (Å²) in [5, 5.41) is 4.55. The second-order valence-electron chi connectivity index (χ2n) is 10.6. The summed E-state index contributed by atoms with van der Waals surface area (Å²) >= 11 is 3.60. The molecule has 1 amide bonds. The normalized spacial score (nSPS) is 13.2. The lowest BCUT2D eigenvalue weighted by molar-refractivity contribution is 0.0950. The van der Waals surface area contributed by atoms with E-state index in [1.165, 1.54) is 116 Å². The zero-order chi connectivity index (χ0) is 27.1. The third kappa shape index (κ3) is 15.4. The van der Waals surface area contributed by atoms with Crippen LogP contribution in [-0.4, -0.2) is 39.9 Å². The van der Waals surface area contributed by atoms with E-state index in [0.29, 0.717) is 5.69 Å². The maximum absolute atomic E-state index is 12.8. The summed E-state index contributed by atoms with van der Waals surface area (Å²) in [6.07, 6.45) is 25.4. The third-order valence-electron chi connectivity index (χ3n) is 7.14. The van der Waals surface area contributed by atoms with Gasteiger partial charge in [-0.1, -0.05) is 127 Å². The minimum Gasteiger partial charge on any atom is -0.371 e. The summed E-state index contributed by atoms with van der Waals surface area (Å²) in [5.41, 5.74) is 4.33. The van der Waals surface area contributed by atoms with Gasteiger partial charge in [-0.25, -0.2) is 5.43 Å². The average molecular weight is 563 g/mol. The number of hydrogen-bond donors (Lipinski definition) is 1. The SMILES string of the molecule is CCCCCCCCCCSC(=NNC(=O)c1cc(N2CCCC2)ccn1)SCCCCCCCCCC. The van der Waals surface area contributed by atoms with Crippen LogP contribution < -0.4 is 10.3 Å². The first-order valence-corrected chi connectivity index (χ1v) is 17.6. The number of amides is 1. The molecule has 0 aromatic carbocycles. The first kappa shape index (κ1) is 33.0. The van der Waals surface area contributed by atoms with Gasteiger partial charge in [0.2, 0.25) is 0 Å². The number of pyridine rings is 1. The molecule has 38 heavy (non-hydrogen) atoms. The molecule has 1 saturated heterocycles. The summed E-state index contributed by atoms with van der Waals surface area (Å²) in [4.78, 5) is 19.5. The van der Waals surface area contributed by atoms with Crippen molar-refractivity contribution in [2.45, 2.75) is 129 Å². The van der Waals surface area contributed by atoms with Crippen molar-refractivity contribution in [1.29, 1.82) is 0 Å². The molecule has 5 nitrogen and oxygen atoms in total. The molecule has 2 rings (SSSR count). The fraction of sp³-hybridized carbons (Fsp3) is 0.774. The first-order chi connectivity index (χ1) is 18.7. The highest BCUT2D eigenvalue weighted by Gasteiger charge is 2.15. The van der Waals surface area contributed by atoms with Crippen LogP contribution >= 0.6 is 23.5 Å². The molecule has 0 unspecified atom stereocenters. The number of nitrogens with one attached hydrogen (secondary N) is 1. The lowest BCUT2D eigenvalue weighted by Gasteiger charge is -2.17. The van der Waals surface area contributed by atoms with E-state index in [9.17, 15) is 4.79 Å². The molecule has 0 aliphatic carbocycles. The first-order valence-electron chi connectivity index (χ1n) is 15.6. The van der Waals surface area contributed by atoms with Crippen LogP contribution in [0.25, 0.3) is 0 Å². The van der Waals surface area contributed by atoms with E-state index in [2.05, 4.69) is 34.3 Å². The molecule has 1 aliphatic rings. The van der Waals surface area contributed by atoms with Crippen molar-refractivity contribution in [3.05, 3.63) is 24.0 Å². The Morgan fingerprint density at radius 3 is 1.84 bits per heavy atom. The van der Waals surface area contributed by atoms with E-state index in [1.54, 1.807) is 29.7 Å². The number of unbranched alkanes of at least 4 members (excludes halogenated alkanes) is 14. The van der Waals surface area contributed by atoms with E-state index in [-0.39, 0.29) is 5.91 Å². The van der Waals surface area contributed by atoms with Crippen molar-refractivity contribution in [3.63, 3.8) is 0 Å². The number of carbonyl (C=O) groups is 1. The number of hydrazone groups is 1. The molecule has 2 heterocycles. The summed E-state index contributed by atoms with van der Waals surface area (Å²) in [6, 6.07) is 3.90. The second-order valence-corrected chi connectivity index (χ2v) is 13.0. The van der Waals surface area contributed by atoms with Crippen LogP contribution in [0, 0.1) is 0 Å². The maximum atomic E-state index is 12.8. The van der Waals surface area contributed by atoms with Gasteiger partial charge in [-0.15, -0.1) is 0 Å². The Morgan fingerprint density at radius 1 is 0.816 bits per heavy atom. The predicted octanol–water partition coefficient (Wildman–Crippen LogP) is 9.43. The van der Waals surface area contributed by atoms with Crippen LogP contribution in [-0.2, 0) is 0 Å². The maximum Gasteiger partial charge on any atom is 0.290 e. The van der Waals surface area contributed by atoms with Gasteiger partial charge in [-0.05, 0) is 37.8 Å². The molecule has 0 bridgehead atoms. The number of hydrogen-bond acceptors (Lipinski definition) is 6. The van der Waals surface area contributed by atoms with E-state index in [0.717, 1.165) is 34.7 Å². The van der Waals surface area contributed by atoms with Crippen LogP contribution in [0.2, 0.25) is 0 Å². The van der Waals surface area contributed by atoms with Crippen LogP contribution in [0.3, 0.4) is 0 Å². The summed E-state index contributed by atoms with van der Waals surface area (Å²) in [6.45, 7) is 6.65. The van der Waals surface area contributed by atoms with Gasteiger partial charge in [0.1, 0.15) is 10.1 Å². The molecule has 1 N–H and O–H groups in total. The van der Waals surface area contributed by atoms with Crippen molar-refractivity contribution >= 4 is 39.5 Å².